The van der Waals surface area contributed by atoms with E-state index in [9.17, 15) is 4.79 Å². The minimum atomic E-state index is -0.558. The number of nitrogens with one attached hydrogen (secondary N) is 1. The lowest BCUT2D eigenvalue weighted by molar-refractivity contribution is 0.152. The lowest BCUT2D eigenvalue weighted by atomic mass is 10.1. The molecule has 0 aliphatic heterocycles. The number of amides is 1. The summed E-state index contributed by atoms with van der Waals surface area (Å²) in [5, 5.41) is 7.79. The minimum absolute atomic E-state index is 0.0665. The number of rotatable bonds is 5. The number of benzene rings is 2. The van der Waals surface area contributed by atoms with E-state index >= 15 is 0 Å². The first-order valence-electron chi connectivity index (χ1n) is 9.16. The highest BCUT2D eigenvalue weighted by atomic mass is 35.5. The van der Waals surface area contributed by atoms with Gasteiger partial charge in [0.1, 0.15) is 12.4 Å². The van der Waals surface area contributed by atoms with Crippen LogP contribution in [0.1, 0.15) is 5.69 Å². The first kappa shape index (κ1) is 19.8. The van der Waals surface area contributed by atoms with Crippen molar-refractivity contribution in [2.24, 2.45) is 14.1 Å². The lowest BCUT2D eigenvalue weighted by Crippen LogP contribution is -2.14. The second-order valence-corrected chi connectivity index (χ2v) is 7.19. The molecule has 0 unspecified atom stereocenters. The van der Waals surface area contributed by atoms with E-state index in [0.29, 0.717) is 22.2 Å². The van der Waals surface area contributed by atoms with Crippen LogP contribution >= 0.6 is 11.6 Å². The van der Waals surface area contributed by atoms with E-state index in [1.165, 1.54) is 0 Å². The molecule has 154 valence electrons. The van der Waals surface area contributed by atoms with Gasteiger partial charge in [0.15, 0.2) is 0 Å². The highest BCUT2D eigenvalue weighted by molar-refractivity contribution is 6.30. The van der Waals surface area contributed by atoms with Crippen molar-refractivity contribution < 1.29 is 14.3 Å². The largest absolute Gasteiger partial charge is 0.496 e. The third-order valence-corrected chi connectivity index (χ3v) is 4.97. The predicted octanol–water partition coefficient (Wildman–Crippen LogP) is 4.38. The van der Waals surface area contributed by atoms with Crippen molar-refractivity contribution in [2.75, 3.05) is 12.4 Å². The van der Waals surface area contributed by atoms with Crippen molar-refractivity contribution in [1.29, 1.82) is 0 Å². The van der Waals surface area contributed by atoms with E-state index in [4.69, 9.17) is 21.1 Å². The number of imidazole rings is 1. The summed E-state index contributed by atoms with van der Waals surface area (Å²) in [7, 11) is 5.28. The number of halogens is 1. The van der Waals surface area contributed by atoms with Crippen molar-refractivity contribution in [3.8, 4) is 17.0 Å². The van der Waals surface area contributed by atoms with Crippen LogP contribution < -0.4 is 10.1 Å². The van der Waals surface area contributed by atoms with Crippen molar-refractivity contribution in [3.05, 3.63) is 59.5 Å². The summed E-state index contributed by atoms with van der Waals surface area (Å²) in [6, 6.07) is 12.7. The molecule has 0 aliphatic carbocycles. The zero-order valence-electron chi connectivity index (χ0n) is 16.7. The van der Waals surface area contributed by atoms with Crippen LogP contribution in [0.15, 0.2) is 48.8 Å². The van der Waals surface area contributed by atoms with Crippen LogP contribution in [0.2, 0.25) is 5.02 Å². The van der Waals surface area contributed by atoms with E-state index in [0.717, 1.165) is 22.3 Å². The molecule has 1 amide bonds. The van der Waals surface area contributed by atoms with Gasteiger partial charge in [-0.3, -0.25) is 10.00 Å². The first-order valence-corrected chi connectivity index (χ1v) is 9.54. The highest BCUT2D eigenvalue weighted by Gasteiger charge is 2.14. The molecule has 0 atom stereocenters. The molecular formula is C21H20ClN5O3. The number of ether oxygens (including phenoxy) is 2. The number of anilines is 1. The number of aryl methyl sites for hydroxylation is 2. The monoisotopic (exact) mass is 425 g/mol. The molecule has 9 heteroatoms. The van der Waals surface area contributed by atoms with Gasteiger partial charge in [-0.25, -0.2) is 9.78 Å². The molecule has 30 heavy (non-hydrogen) atoms. The average molecular weight is 426 g/mol. The molecule has 0 saturated heterocycles. The molecule has 0 radical (unpaired) electrons. The van der Waals surface area contributed by atoms with Crippen LogP contribution in [-0.4, -0.2) is 32.5 Å². The van der Waals surface area contributed by atoms with Crippen molar-refractivity contribution >= 4 is 34.4 Å². The van der Waals surface area contributed by atoms with Crippen molar-refractivity contribution in [1.82, 2.24) is 19.3 Å². The molecule has 2 aromatic heterocycles. The van der Waals surface area contributed by atoms with E-state index < -0.39 is 6.09 Å². The number of carbonyl (C=O) groups excluding carboxylic acids is 1. The number of fused-ring (bicyclic) bond motifs is 1. The van der Waals surface area contributed by atoms with Gasteiger partial charge < -0.3 is 14.0 Å². The Kier molecular flexibility index (Phi) is 5.33. The fourth-order valence-electron chi connectivity index (χ4n) is 3.16. The summed E-state index contributed by atoms with van der Waals surface area (Å²) in [6.45, 7) is 0.0665. The van der Waals surface area contributed by atoms with Crippen LogP contribution in [-0.2, 0) is 25.4 Å². The molecule has 2 heterocycles. The maximum absolute atomic E-state index is 12.2. The van der Waals surface area contributed by atoms with Gasteiger partial charge in [0, 0.05) is 30.4 Å². The van der Waals surface area contributed by atoms with Gasteiger partial charge in [-0.15, -0.1) is 0 Å². The normalized spacial score (nSPS) is 10.9. The Labute approximate surface area is 178 Å². The maximum Gasteiger partial charge on any atom is 0.412 e. The number of carbonyl (C=O) groups is 1. The lowest BCUT2D eigenvalue weighted by Gasteiger charge is -2.07. The Morgan fingerprint density at radius 2 is 2.00 bits per heavy atom. The number of hydrogen-bond acceptors (Lipinski definition) is 5. The van der Waals surface area contributed by atoms with E-state index in [1.807, 2.05) is 29.8 Å². The fourth-order valence-corrected chi connectivity index (χ4v) is 3.32. The summed E-state index contributed by atoms with van der Waals surface area (Å²) in [4.78, 5) is 16.5. The number of methoxy groups -OCH3 is 1. The minimum Gasteiger partial charge on any atom is -0.496 e. The summed E-state index contributed by atoms with van der Waals surface area (Å²) >= 11 is 6.03. The molecule has 0 spiro atoms. The molecule has 0 bridgehead atoms. The van der Waals surface area contributed by atoms with Gasteiger partial charge in [0.2, 0.25) is 0 Å². The first-order chi connectivity index (χ1) is 14.4. The molecule has 8 nitrogen and oxygen atoms in total. The molecule has 0 fully saturated rings. The highest BCUT2D eigenvalue weighted by Crippen LogP contribution is 2.32. The second kappa shape index (κ2) is 8.08. The van der Waals surface area contributed by atoms with E-state index in [1.54, 1.807) is 49.4 Å². The summed E-state index contributed by atoms with van der Waals surface area (Å²) in [6.07, 6.45) is 1.17. The van der Waals surface area contributed by atoms with Crippen LogP contribution in [0.5, 0.6) is 5.75 Å². The smallest absolute Gasteiger partial charge is 0.412 e. The van der Waals surface area contributed by atoms with Crippen LogP contribution in [0.3, 0.4) is 0 Å². The molecule has 4 aromatic rings. The molecule has 2 aromatic carbocycles. The Morgan fingerprint density at radius 1 is 1.17 bits per heavy atom. The van der Waals surface area contributed by atoms with Gasteiger partial charge in [0.25, 0.3) is 0 Å². The van der Waals surface area contributed by atoms with Crippen molar-refractivity contribution in [2.45, 2.75) is 6.61 Å². The summed E-state index contributed by atoms with van der Waals surface area (Å²) < 4.78 is 14.3. The Morgan fingerprint density at radius 3 is 2.80 bits per heavy atom. The molecule has 0 aliphatic rings. The molecule has 1 N–H and O–H groups in total. The molecular weight excluding hydrogens is 406 g/mol. The number of hydrogen-bond donors (Lipinski definition) is 1. The topological polar surface area (TPSA) is 83.2 Å². The molecule has 4 rings (SSSR count). The summed E-state index contributed by atoms with van der Waals surface area (Å²) in [5.74, 6) is 0.621. The average Bonchev–Trinajstić information content (AvgIpc) is 3.28. The van der Waals surface area contributed by atoms with Gasteiger partial charge in [0.05, 0.1) is 35.9 Å². The van der Waals surface area contributed by atoms with Crippen molar-refractivity contribution in [3.63, 3.8) is 0 Å². The predicted molar refractivity (Wildman–Crippen MR) is 115 cm³/mol. The SMILES string of the molecule is COc1cc(Cl)ccc1-c1cc(COC(=O)Nc2ccc3c(c2)ncn3C)n(C)n1. The van der Waals surface area contributed by atoms with Gasteiger partial charge in [-0.1, -0.05) is 11.6 Å². The third kappa shape index (κ3) is 3.95. The maximum atomic E-state index is 12.2. The Bertz CT molecular complexity index is 1230. The third-order valence-electron chi connectivity index (χ3n) is 4.74. The van der Waals surface area contributed by atoms with Gasteiger partial charge in [-0.2, -0.15) is 5.10 Å². The van der Waals surface area contributed by atoms with Gasteiger partial charge in [-0.05, 0) is 42.5 Å². The van der Waals surface area contributed by atoms with E-state index in [-0.39, 0.29) is 6.61 Å². The zero-order chi connectivity index (χ0) is 21.3. The Hall–Kier alpha value is -3.52. The fraction of sp³-hybridized carbons (Fsp3) is 0.190. The number of aromatic nitrogens is 4. The quantitative estimate of drug-likeness (QED) is 0.513. The number of nitrogens with zero attached hydrogens (tertiary/aromatic N) is 4. The van der Waals surface area contributed by atoms with Gasteiger partial charge >= 0.3 is 6.09 Å². The van der Waals surface area contributed by atoms with Crippen LogP contribution in [0, 0.1) is 0 Å². The van der Waals surface area contributed by atoms with Crippen LogP contribution in [0.25, 0.3) is 22.3 Å². The van der Waals surface area contributed by atoms with Crippen LogP contribution in [0.4, 0.5) is 10.5 Å². The molecule has 0 saturated carbocycles. The second-order valence-electron chi connectivity index (χ2n) is 6.75. The van der Waals surface area contributed by atoms with E-state index in [2.05, 4.69) is 15.4 Å². The standard InChI is InChI=1S/C21H20ClN5O3/c1-26-12-23-18-9-14(5-7-19(18)26)24-21(28)30-11-15-10-17(25-27(15)2)16-6-4-13(22)8-20(16)29-3/h4-10,12H,11H2,1-3H3,(H,24,28). The zero-order valence-corrected chi connectivity index (χ0v) is 17.5. The summed E-state index contributed by atoms with van der Waals surface area (Å²) in [5.41, 5.74) is 4.63. The Balaban J connectivity index is 1.44.